The lowest BCUT2D eigenvalue weighted by Crippen LogP contribution is -2.18. The Bertz CT molecular complexity index is 693. The molecule has 0 aromatic carbocycles. The Labute approximate surface area is 169 Å². The molecule has 0 unspecified atom stereocenters. The SMILES string of the molecule is CNC(=O)CCCNc1nc(Cl)nc(Cl)n1.CNc1nc(Cl)nc(Cl)n1. The van der Waals surface area contributed by atoms with Gasteiger partial charge in [-0.15, -0.1) is 0 Å². The van der Waals surface area contributed by atoms with Crippen LogP contribution in [0.3, 0.4) is 0 Å². The zero-order chi connectivity index (χ0) is 19.5. The van der Waals surface area contributed by atoms with Gasteiger partial charge in [0.05, 0.1) is 0 Å². The molecule has 0 saturated heterocycles. The topological polar surface area (TPSA) is 130 Å². The van der Waals surface area contributed by atoms with Crippen molar-refractivity contribution in [2.75, 3.05) is 31.3 Å². The van der Waals surface area contributed by atoms with Crippen molar-refractivity contribution in [2.45, 2.75) is 12.8 Å². The van der Waals surface area contributed by atoms with Gasteiger partial charge in [0.15, 0.2) is 0 Å². The maximum Gasteiger partial charge on any atom is 0.228 e. The smallest absolute Gasteiger partial charge is 0.228 e. The van der Waals surface area contributed by atoms with Gasteiger partial charge in [-0.3, -0.25) is 4.79 Å². The number of nitrogens with zero attached hydrogens (tertiary/aromatic N) is 6. The van der Waals surface area contributed by atoms with Gasteiger partial charge in [-0.1, -0.05) is 0 Å². The van der Waals surface area contributed by atoms with Crippen molar-refractivity contribution in [3.8, 4) is 0 Å². The molecule has 0 radical (unpaired) electrons. The Morgan fingerprint density at radius 2 is 1.27 bits per heavy atom. The molecule has 0 aliphatic carbocycles. The van der Waals surface area contributed by atoms with E-state index in [1.807, 2.05) is 0 Å². The summed E-state index contributed by atoms with van der Waals surface area (Å²) < 4.78 is 0. The van der Waals surface area contributed by atoms with E-state index >= 15 is 0 Å². The summed E-state index contributed by atoms with van der Waals surface area (Å²) in [7, 11) is 3.27. The number of aromatic nitrogens is 6. The number of rotatable bonds is 6. The zero-order valence-electron chi connectivity index (χ0n) is 13.7. The molecule has 0 saturated carbocycles. The lowest BCUT2D eigenvalue weighted by Gasteiger charge is -2.04. The first-order valence-corrected chi connectivity index (χ1v) is 8.61. The molecule has 0 fully saturated rings. The van der Waals surface area contributed by atoms with Crippen LogP contribution in [0.25, 0.3) is 0 Å². The number of carbonyl (C=O) groups is 1. The average molecular weight is 443 g/mol. The fourth-order valence-corrected chi connectivity index (χ4v) is 2.14. The van der Waals surface area contributed by atoms with E-state index in [-0.39, 0.29) is 27.0 Å². The van der Waals surface area contributed by atoms with Crippen LogP contribution in [0, 0.1) is 0 Å². The fourth-order valence-electron chi connectivity index (χ4n) is 1.42. The molecule has 10 nitrogen and oxygen atoms in total. The van der Waals surface area contributed by atoms with E-state index in [0.717, 1.165) is 0 Å². The summed E-state index contributed by atoms with van der Waals surface area (Å²) in [5.41, 5.74) is 0. The average Bonchev–Trinajstić information content (AvgIpc) is 2.57. The van der Waals surface area contributed by atoms with Gasteiger partial charge in [0.25, 0.3) is 0 Å². The molecule has 0 atom stereocenters. The first-order chi connectivity index (χ1) is 12.3. The van der Waals surface area contributed by atoms with Crippen molar-refractivity contribution in [2.24, 2.45) is 0 Å². The van der Waals surface area contributed by atoms with E-state index in [1.165, 1.54) is 0 Å². The third-order valence-corrected chi connectivity index (χ3v) is 3.20. The Morgan fingerprint density at radius 1 is 0.808 bits per heavy atom. The molecular weight excluding hydrogens is 428 g/mol. The summed E-state index contributed by atoms with van der Waals surface area (Å²) in [5, 5.41) is 8.35. The molecule has 0 spiro atoms. The Hall–Kier alpha value is -1.75. The number of hydrogen-bond acceptors (Lipinski definition) is 9. The molecular formula is C12H15Cl4N9O. The largest absolute Gasteiger partial charge is 0.359 e. The molecule has 2 heterocycles. The quantitative estimate of drug-likeness (QED) is 0.576. The summed E-state index contributed by atoms with van der Waals surface area (Å²) in [6.45, 7) is 0.560. The number of amides is 1. The van der Waals surface area contributed by atoms with Gasteiger partial charge in [-0.2, -0.15) is 29.9 Å². The van der Waals surface area contributed by atoms with Gasteiger partial charge in [0, 0.05) is 27.1 Å². The van der Waals surface area contributed by atoms with Crippen LogP contribution in [0.5, 0.6) is 0 Å². The third-order valence-electron chi connectivity index (χ3n) is 2.53. The predicted octanol–water partition coefficient (Wildman–Crippen LogP) is 2.34. The van der Waals surface area contributed by atoms with Crippen LogP contribution < -0.4 is 16.0 Å². The fraction of sp³-hybridized carbons (Fsp3) is 0.417. The number of hydrogen-bond donors (Lipinski definition) is 3. The summed E-state index contributed by atoms with van der Waals surface area (Å²) in [5.74, 6) is 0.667. The van der Waals surface area contributed by atoms with E-state index in [9.17, 15) is 4.79 Å². The van der Waals surface area contributed by atoms with Gasteiger partial charge in [0.1, 0.15) is 0 Å². The highest BCUT2D eigenvalue weighted by Crippen LogP contribution is 2.09. The van der Waals surface area contributed by atoms with Gasteiger partial charge in [0.2, 0.25) is 38.9 Å². The van der Waals surface area contributed by atoms with Gasteiger partial charge >= 0.3 is 0 Å². The first kappa shape index (κ1) is 22.3. The minimum Gasteiger partial charge on any atom is -0.359 e. The third kappa shape index (κ3) is 9.09. The lowest BCUT2D eigenvalue weighted by molar-refractivity contribution is -0.120. The van der Waals surface area contributed by atoms with Crippen molar-refractivity contribution < 1.29 is 4.79 Å². The molecule has 2 aromatic rings. The van der Waals surface area contributed by atoms with Crippen LogP contribution >= 0.6 is 46.4 Å². The summed E-state index contributed by atoms with van der Waals surface area (Å²) in [4.78, 5) is 33.1. The van der Waals surface area contributed by atoms with Crippen LogP contribution in [0.15, 0.2) is 0 Å². The summed E-state index contributed by atoms with van der Waals surface area (Å²) in [6, 6.07) is 0. The van der Waals surface area contributed by atoms with Crippen LogP contribution in [-0.2, 0) is 4.79 Å². The zero-order valence-corrected chi connectivity index (χ0v) is 16.7. The van der Waals surface area contributed by atoms with Crippen LogP contribution in [0.2, 0.25) is 21.1 Å². The molecule has 0 aliphatic heterocycles. The van der Waals surface area contributed by atoms with Crippen LogP contribution in [0.4, 0.5) is 11.9 Å². The molecule has 0 aliphatic rings. The molecule has 1 amide bonds. The van der Waals surface area contributed by atoms with E-state index in [1.54, 1.807) is 14.1 Å². The normalized spacial score (nSPS) is 9.77. The molecule has 0 bridgehead atoms. The van der Waals surface area contributed by atoms with Crippen LogP contribution in [0.1, 0.15) is 12.8 Å². The molecule has 14 heteroatoms. The molecule has 3 N–H and O–H groups in total. The van der Waals surface area contributed by atoms with E-state index in [2.05, 4.69) is 45.9 Å². The lowest BCUT2D eigenvalue weighted by atomic mass is 10.3. The maximum atomic E-state index is 10.9. The molecule has 2 rings (SSSR count). The molecule has 26 heavy (non-hydrogen) atoms. The summed E-state index contributed by atoms with van der Waals surface area (Å²) >= 11 is 22.1. The second kappa shape index (κ2) is 11.8. The Kier molecular flexibility index (Phi) is 10.1. The minimum atomic E-state index is -0.00601. The molecule has 142 valence electrons. The Balaban J connectivity index is 0.000000289. The molecule has 2 aromatic heterocycles. The van der Waals surface area contributed by atoms with Crippen molar-refractivity contribution in [1.29, 1.82) is 0 Å². The monoisotopic (exact) mass is 441 g/mol. The summed E-state index contributed by atoms with van der Waals surface area (Å²) in [6.07, 6.45) is 1.11. The number of nitrogens with one attached hydrogen (secondary N) is 3. The van der Waals surface area contributed by atoms with E-state index < -0.39 is 0 Å². The van der Waals surface area contributed by atoms with Gasteiger partial charge in [-0.25, -0.2) is 0 Å². The second-order valence-corrected chi connectivity index (χ2v) is 5.70. The highest BCUT2D eigenvalue weighted by atomic mass is 35.5. The Morgan fingerprint density at radius 3 is 1.69 bits per heavy atom. The van der Waals surface area contributed by atoms with Crippen molar-refractivity contribution >= 4 is 64.2 Å². The van der Waals surface area contributed by atoms with Crippen LogP contribution in [-0.4, -0.2) is 56.5 Å². The first-order valence-electron chi connectivity index (χ1n) is 7.10. The number of halogens is 4. The van der Waals surface area contributed by atoms with Crippen molar-refractivity contribution in [3.63, 3.8) is 0 Å². The predicted molar refractivity (Wildman–Crippen MR) is 101 cm³/mol. The second-order valence-electron chi connectivity index (χ2n) is 4.35. The maximum absolute atomic E-state index is 10.9. The van der Waals surface area contributed by atoms with Gasteiger partial charge < -0.3 is 16.0 Å². The van der Waals surface area contributed by atoms with Gasteiger partial charge in [-0.05, 0) is 52.8 Å². The van der Waals surface area contributed by atoms with Crippen molar-refractivity contribution in [3.05, 3.63) is 21.1 Å². The highest BCUT2D eigenvalue weighted by Gasteiger charge is 2.03. The number of carbonyl (C=O) groups excluding carboxylic acids is 1. The highest BCUT2D eigenvalue weighted by molar-refractivity contribution is 6.31. The number of anilines is 2. The standard InChI is InChI=1S/C8H11Cl2N5O.C4H4Cl2N4/c1-11-5(16)3-2-4-12-8-14-6(9)13-7(10)15-8;1-7-4-9-2(5)8-3(6)10-4/h2-4H2,1H3,(H,11,16)(H,12,13,14,15);1H3,(H,7,8,9,10). The van der Waals surface area contributed by atoms with Crippen molar-refractivity contribution in [1.82, 2.24) is 35.2 Å². The minimum absolute atomic E-state index is 0.00601. The van der Waals surface area contributed by atoms with E-state index in [4.69, 9.17) is 46.4 Å². The van der Waals surface area contributed by atoms with E-state index in [0.29, 0.717) is 31.3 Å².